The number of para-hydroxylation sites is 1. The number of aromatic nitrogens is 1. The van der Waals surface area contributed by atoms with Crippen molar-refractivity contribution in [3.8, 4) is 0 Å². The fourth-order valence-electron chi connectivity index (χ4n) is 4.83. The fraction of sp³-hybridized carbons (Fsp3) is 0.360. The van der Waals surface area contributed by atoms with Gasteiger partial charge in [0.1, 0.15) is 5.82 Å². The average Bonchev–Trinajstić information content (AvgIpc) is 3.21. The molecule has 0 saturated carbocycles. The second kappa shape index (κ2) is 8.59. The zero-order valence-corrected chi connectivity index (χ0v) is 19.8. The third kappa shape index (κ3) is 4.07. The molecule has 0 saturated heterocycles. The molecule has 1 N–H and O–H groups in total. The minimum absolute atomic E-state index is 0.101. The Hall–Kier alpha value is -2.68. The lowest BCUT2D eigenvalue weighted by Gasteiger charge is -2.40. The molecular weight excluding hydrogens is 439 g/mol. The first kappa shape index (κ1) is 22.1. The van der Waals surface area contributed by atoms with Crippen LogP contribution in [0, 0.1) is 5.82 Å². The molecule has 3 heterocycles. The van der Waals surface area contributed by atoms with E-state index >= 15 is 0 Å². The molecule has 3 aromatic rings. The van der Waals surface area contributed by atoms with Gasteiger partial charge in [0.05, 0.1) is 5.69 Å². The molecule has 0 radical (unpaired) electrons. The van der Waals surface area contributed by atoms with E-state index in [9.17, 15) is 12.8 Å². The van der Waals surface area contributed by atoms with Crippen LogP contribution in [0.3, 0.4) is 0 Å². The van der Waals surface area contributed by atoms with Crippen LogP contribution in [0.1, 0.15) is 31.4 Å². The third-order valence-electron chi connectivity index (χ3n) is 6.64. The van der Waals surface area contributed by atoms with Gasteiger partial charge in [0, 0.05) is 61.4 Å². The highest BCUT2D eigenvalue weighted by Gasteiger charge is 2.37. The lowest BCUT2D eigenvalue weighted by Crippen LogP contribution is -2.52. The molecule has 5 rings (SSSR count). The van der Waals surface area contributed by atoms with E-state index in [2.05, 4.69) is 16.0 Å². The van der Waals surface area contributed by atoms with Gasteiger partial charge in [0.2, 0.25) is 0 Å². The summed E-state index contributed by atoms with van der Waals surface area (Å²) in [7, 11) is -3.56. The van der Waals surface area contributed by atoms with Crippen LogP contribution in [0.15, 0.2) is 54.7 Å². The topological polar surface area (TPSA) is 59.6 Å². The van der Waals surface area contributed by atoms with Crippen LogP contribution < -0.4 is 4.31 Å². The van der Waals surface area contributed by atoms with Crippen molar-refractivity contribution in [1.82, 2.24) is 14.2 Å². The van der Waals surface area contributed by atoms with Crippen LogP contribution in [0.4, 0.5) is 10.1 Å². The van der Waals surface area contributed by atoms with Crippen molar-refractivity contribution in [3.63, 3.8) is 0 Å². The van der Waals surface area contributed by atoms with Crippen LogP contribution in [-0.4, -0.2) is 54.8 Å². The average molecular weight is 469 g/mol. The number of hydrogen-bond acceptors (Lipinski definition) is 3. The van der Waals surface area contributed by atoms with Gasteiger partial charge < -0.3 is 4.98 Å². The number of fused-ring (bicyclic) bond motifs is 2. The molecular formula is C25H29FN4O2S. The molecule has 33 heavy (non-hydrogen) atoms. The molecule has 1 aromatic heterocycles. The highest BCUT2D eigenvalue weighted by Crippen LogP contribution is 2.34. The van der Waals surface area contributed by atoms with Crippen molar-refractivity contribution in [2.75, 3.05) is 30.5 Å². The van der Waals surface area contributed by atoms with Crippen molar-refractivity contribution in [3.05, 3.63) is 71.7 Å². The van der Waals surface area contributed by atoms with Crippen LogP contribution >= 0.6 is 0 Å². The van der Waals surface area contributed by atoms with Crippen LogP contribution in [0.25, 0.3) is 16.5 Å². The summed E-state index contributed by atoms with van der Waals surface area (Å²) in [6.07, 6.45) is 5.02. The molecule has 0 fully saturated rings. The molecule has 2 aromatic carbocycles. The minimum Gasteiger partial charge on any atom is -0.360 e. The van der Waals surface area contributed by atoms with Crippen LogP contribution in [-0.2, 0) is 16.8 Å². The summed E-state index contributed by atoms with van der Waals surface area (Å²) < 4.78 is 43.3. The maximum atomic E-state index is 13.5. The van der Waals surface area contributed by atoms with Crippen molar-refractivity contribution in [2.45, 2.75) is 32.9 Å². The number of rotatable bonds is 5. The Labute approximate surface area is 194 Å². The van der Waals surface area contributed by atoms with Gasteiger partial charge in [0.25, 0.3) is 0 Å². The normalized spacial score (nSPS) is 19.2. The first-order chi connectivity index (χ1) is 15.8. The van der Waals surface area contributed by atoms with E-state index in [4.69, 9.17) is 0 Å². The van der Waals surface area contributed by atoms with E-state index in [1.807, 2.05) is 50.4 Å². The molecule has 0 aliphatic carbocycles. The molecule has 0 amide bonds. The van der Waals surface area contributed by atoms with Crippen molar-refractivity contribution in [1.29, 1.82) is 0 Å². The van der Waals surface area contributed by atoms with E-state index < -0.39 is 10.2 Å². The summed E-state index contributed by atoms with van der Waals surface area (Å²) in [4.78, 5) is 5.45. The molecule has 0 spiro atoms. The van der Waals surface area contributed by atoms with Crippen molar-refractivity contribution >= 4 is 32.4 Å². The van der Waals surface area contributed by atoms with Crippen LogP contribution in [0.2, 0.25) is 0 Å². The predicted octanol–water partition coefficient (Wildman–Crippen LogP) is 4.37. The maximum Gasteiger partial charge on any atom is 0.304 e. The quantitative estimate of drug-likeness (QED) is 0.605. The molecule has 0 unspecified atom stereocenters. The van der Waals surface area contributed by atoms with Gasteiger partial charge in [-0.1, -0.05) is 24.3 Å². The lowest BCUT2D eigenvalue weighted by molar-refractivity contribution is 0.305. The highest BCUT2D eigenvalue weighted by atomic mass is 32.2. The van der Waals surface area contributed by atoms with E-state index in [1.54, 1.807) is 8.61 Å². The number of H-pyrrole nitrogens is 1. The third-order valence-corrected chi connectivity index (χ3v) is 8.72. The van der Waals surface area contributed by atoms with Gasteiger partial charge in [-0.3, -0.25) is 9.21 Å². The molecule has 6 nitrogen and oxygen atoms in total. The Kier molecular flexibility index (Phi) is 5.76. The van der Waals surface area contributed by atoms with Gasteiger partial charge in [-0.2, -0.15) is 12.7 Å². The van der Waals surface area contributed by atoms with Gasteiger partial charge in [0.15, 0.2) is 0 Å². The number of aromatic amines is 1. The molecule has 2 aliphatic heterocycles. The number of nitrogens with zero attached hydrogens (tertiary/aromatic N) is 3. The zero-order valence-electron chi connectivity index (χ0n) is 19.0. The fourth-order valence-corrected chi connectivity index (χ4v) is 6.66. The van der Waals surface area contributed by atoms with E-state index in [0.29, 0.717) is 19.6 Å². The zero-order chi connectivity index (χ0) is 23.2. The van der Waals surface area contributed by atoms with E-state index in [0.717, 1.165) is 47.2 Å². The second-order valence-electron chi connectivity index (χ2n) is 9.02. The van der Waals surface area contributed by atoms with Crippen molar-refractivity contribution < 1.29 is 12.8 Å². The Balaban J connectivity index is 1.31. The molecule has 8 heteroatoms. The Morgan fingerprint density at radius 1 is 1.12 bits per heavy atom. The first-order valence-corrected chi connectivity index (χ1v) is 12.8. The lowest BCUT2D eigenvalue weighted by atomic mass is 9.99. The number of nitrogens with one attached hydrogen (secondary N) is 1. The number of hydrogen-bond donors (Lipinski definition) is 1. The van der Waals surface area contributed by atoms with Gasteiger partial charge >= 0.3 is 10.2 Å². The summed E-state index contributed by atoms with van der Waals surface area (Å²) in [5.74, 6) is -0.245. The monoisotopic (exact) mass is 468 g/mol. The smallest absolute Gasteiger partial charge is 0.304 e. The van der Waals surface area contributed by atoms with Gasteiger partial charge in [-0.25, -0.2) is 4.39 Å². The SMILES string of the molecule is CC(C)N1Cc2ccccc2N(CCN2CC=C(c3c[nH]c4cc(F)ccc34)CC2)S1(=O)=O. The second-order valence-corrected chi connectivity index (χ2v) is 10.8. The first-order valence-electron chi connectivity index (χ1n) is 11.4. The highest BCUT2D eigenvalue weighted by molar-refractivity contribution is 7.90. The number of benzene rings is 2. The van der Waals surface area contributed by atoms with Gasteiger partial charge in [-0.15, -0.1) is 0 Å². The van der Waals surface area contributed by atoms with E-state index in [-0.39, 0.29) is 11.9 Å². The Bertz CT molecular complexity index is 1310. The minimum atomic E-state index is -3.56. The summed E-state index contributed by atoms with van der Waals surface area (Å²) in [5.41, 5.74) is 4.99. The van der Waals surface area contributed by atoms with Crippen LogP contribution in [0.5, 0.6) is 0 Å². The maximum absolute atomic E-state index is 13.5. The Morgan fingerprint density at radius 3 is 2.70 bits per heavy atom. The predicted molar refractivity (Wildman–Crippen MR) is 131 cm³/mol. The number of halogens is 1. The van der Waals surface area contributed by atoms with Crippen molar-refractivity contribution in [2.24, 2.45) is 0 Å². The molecule has 2 aliphatic rings. The Morgan fingerprint density at radius 2 is 1.94 bits per heavy atom. The van der Waals surface area contributed by atoms with Gasteiger partial charge in [-0.05, 0) is 55.7 Å². The summed E-state index contributed by atoms with van der Waals surface area (Å²) in [6, 6.07) is 12.5. The molecule has 0 atom stereocenters. The molecule has 0 bridgehead atoms. The largest absolute Gasteiger partial charge is 0.360 e. The van der Waals surface area contributed by atoms with E-state index in [1.165, 1.54) is 17.7 Å². The standard InChI is InChI=1S/C25H29FN4O2S/c1-18(2)30-17-20-5-3-4-6-25(20)29(33(30,31)32)14-13-28-11-9-19(10-12-28)23-16-27-24-15-21(26)7-8-22(23)24/h3-9,15-16,18,27H,10-14,17H2,1-2H3. The number of anilines is 1. The summed E-state index contributed by atoms with van der Waals surface area (Å²) >= 11 is 0. The summed E-state index contributed by atoms with van der Waals surface area (Å²) in [5, 5.41) is 1.03. The molecule has 174 valence electrons. The summed E-state index contributed by atoms with van der Waals surface area (Å²) in [6.45, 7) is 6.92.